The highest BCUT2D eigenvalue weighted by molar-refractivity contribution is 6.10. The Kier molecular flexibility index (Phi) is 6.66. The number of hydrogen-bond donors (Lipinski definition) is 4. The third kappa shape index (κ3) is 5.98. The van der Waals surface area contributed by atoms with Gasteiger partial charge >= 0.3 is 0 Å². The predicted molar refractivity (Wildman–Crippen MR) is 134 cm³/mol. The van der Waals surface area contributed by atoms with Gasteiger partial charge in [-0.25, -0.2) is 0 Å². The lowest BCUT2D eigenvalue weighted by Gasteiger charge is -2.12. The van der Waals surface area contributed by atoms with Crippen LogP contribution in [-0.4, -0.2) is 11.8 Å². The molecule has 164 valence electrons. The molecule has 4 aromatic carbocycles. The van der Waals surface area contributed by atoms with Crippen molar-refractivity contribution in [1.82, 2.24) is 0 Å². The van der Waals surface area contributed by atoms with Gasteiger partial charge in [0.15, 0.2) is 0 Å². The summed E-state index contributed by atoms with van der Waals surface area (Å²) in [5.41, 5.74) is 10.6. The first-order chi connectivity index (χ1) is 16.1. The van der Waals surface area contributed by atoms with Gasteiger partial charge in [-0.1, -0.05) is 42.5 Å². The topological polar surface area (TPSA) is 96.2 Å². The molecule has 0 fully saturated rings. The van der Waals surface area contributed by atoms with Crippen LogP contribution < -0.4 is 21.7 Å². The Morgan fingerprint density at radius 3 is 1.97 bits per heavy atom. The number of carbonyl (C=O) groups is 2. The molecular weight excluding hydrogens is 412 g/mol. The molecule has 4 aromatic rings. The van der Waals surface area contributed by atoms with Crippen molar-refractivity contribution in [3.63, 3.8) is 0 Å². The SMILES string of the molecule is Nc1ccc(CC(=O)Nc2ccccc2C(=O)Nc2ccc(Nc3ccccc3)cc2)cc1. The minimum Gasteiger partial charge on any atom is -0.399 e. The summed E-state index contributed by atoms with van der Waals surface area (Å²) in [5, 5.41) is 9.03. The van der Waals surface area contributed by atoms with Crippen LogP contribution in [0.5, 0.6) is 0 Å². The Morgan fingerprint density at radius 1 is 0.636 bits per heavy atom. The fraction of sp³-hybridized carbons (Fsp3) is 0.0370. The molecule has 6 nitrogen and oxygen atoms in total. The van der Waals surface area contributed by atoms with E-state index in [4.69, 9.17) is 5.73 Å². The highest BCUT2D eigenvalue weighted by atomic mass is 16.2. The van der Waals surface area contributed by atoms with Crippen molar-refractivity contribution >= 4 is 40.3 Å². The van der Waals surface area contributed by atoms with Crippen LogP contribution >= 0.6 is 0 Å². The van der Waals surface area contributed by atoms with Gasteiger partial charge in [0.25, 0.3) is 5.91 Å². The summed E-state index contributed by atoms with van der Waals surface area (Å²) in [6.45, 7) is 0. The van der Waals surface area contributed by atoms with Gasteiger partial charge in [0, 0.05) is 22.7 Å². The van der Waals surface area contributed by atoms with Crippen LogP contribution in [0.2, 0.25) is 0 Å². The van der Waals surface area contributed by atoms with E-state index in [-0.39, 0.29) is 18.2 Å². The van der Waals surface area contributed by atoms with Crippen LogP contribution in [0.4, 0.5) is 28.4 Å². The molecule has 33 heavy (non-hydrogen) atoms. The molecule has 0 unspecified atom stereocenters. The fourth-order valence-electron chi connectivity index (χ4n) is 3.33. The van der Waals surface area contributed by atoms with E-state index < -0.39 is 0 Å². The lowest BCUT2D eigenvalue weighted by atomic mass is 10.1. The largest absolute Gasteiger partial charge is 0.399 e. The van der Waals surface area contributed by atoms with Crippen LogP contribution in [-0.2, 0) is 11.2 Å². The van der Waals surface area contributed by atoms with Crippen molar-refractivity contribution in [2.24, 2.45) is 0 Å². The lowest BCUT2D eigenvalue weighted by molar-refractivity contribution is -0.115. The van der Waals surface area contributed by atoms with E-state index in [9.17, 15) is 9.59 Å². The van der Waals surface area contributed by atoms with Gasteiger partial charge in [-0.05, 0) is 66.2 Å². The summed E-state index contributed by atoms with van der Waals surface area (Å²) >= 11 is 0. The number of nitrogens with two attached hydrogens (primary N) is 1. The first-order valence-corrected chi connectivity index (χ1v) is 10.5. The smallest absolute Gasteiger partial charge is 0.257 e. The monoisotopic (exact) mass is 436 g/mol. The molecule has 0 atom stereocenters. The maximum Gasteiger partial charge on any atom is 0.257 e. The molecule has 0 saturated carbocycles. The number of nitrogen functional groups attached to an aromatic ring is 1. The molecule has 0 saturated heterocycles. The molecule has 0 bridgehead atoms. The molecular formula is C27H24N4O2. The average molecular weight is 437 g/mol. The van der Waals surface area contributed by atoms with E-state index in [0.29, 0.717) is 22.6 Å². The Bertz CT molecular complexity index is 1240. The molecule has 0 aliphatic heterocycles. The lowest BCUT2D eigenvalue weighted by Crippen LogP contribution is -2.19. The van der Waals surface area contributed by atoms with Crippen LogP contribution in [0.15, 0.2) is 103 Å². The zero-order valence-electron chi connectivity index (χ0n) is 17.9. The zero-order chi connectivity index (χ0) is 23.0. The first-order valence-electron chi connectivity index (χ1n) is 10.5. The van der Waals surface area contributed by atoms with Gasteiger partial charge in [0.05, 0.1) is 17.7 Å². The van der Waals surface area contributed by atoms with Crippen LogP contribution in [0, 0.1) is 0 Å². The second-order valence-corrected chi connectivity index (χ2v) is 7.53. The van der Waals surface area contributed by atoms with E-state index in [1.54, 1.807) is 36.4 Å². The molecule has 6 heteroatoms. The highest BCUT2D eigenvalue weighted by Gasteiger charge is 2.14. The van der Waals surface area contributed by atoms with Crippen molar-refractivity contribution < 1.29 is 9.59 Å². The summed E-state index contributed by atoms with van der Waals surface area (Å²) in [6, 6.07) is 31.3. The third-order valence-electron chi connectivity index (χ3n) is 5.00. The molecule has 0 radical (unpaired) electrons. The van der Waals surface area contributed by atoms with Gasteiger partial charge < -0.3 is 21.7 Å². The molecule has 0 aliphatic carbocycles. The molecule has 0 heterocycles. The zero-order valence-corrected chi connectivity index (χ0v) is 17.9. The number of hydrogen-bond acceptors (Lipinski definition) is 4. The molecule has 2 amide bonds. The van der Waals surface area contributed by atoms with E-state index >= 15 is 0 Å². The van der Waals surface area contributed by atoms with Crippen molar-refractivity contribution in [2.75, 3.05) is 21.7 Å². The van der Waals surface area contributed by atoms with E-state index in [1.807, 2.05) is 66.7 Å². The molecule has 4 rings (SSSR count). The third-order valence-corrected chi connectivity index (χ3v) is 5.00. The molecule has 0 spiro atoms. The summed E-state index contributed by atoms with van der Waals surface area (Å²) in [6.07, 6.45) is 0.187. The molecule has 5 N–H and O–H groups in total. The average Bonchev–Trinajstić information content (AvgIpc) is 2.83. The van der Waals surface area contributed by atoms with Crippen molar-refractivity contribution in [2.45, 2.75) is 6.42 Å². The fourth-order valence-corrected chi connectivity index (χ4v) is 3.33. The number of rotatable bonds is 7. The second kappa shape index (κ2) is 10.2. The summed E-state index contributed by atoms with van der Waals surface area (Å²) < 4.78 is 0. The predicted octanol–water partition coefficient (Wildman–Crippen LogP) is 5.45. The number of para-hydroxylation sites is 2. The van der Waals surface area contributed by atoms with Crippen molar-refractivity contribution in [3.05, 3.63) is 114 Å². The van der Waals surface area contributed by atoms with E-state index in [0.717, 1.165) is 16.9 Å². The standard InChI is InChI=1S/C27H24N4O2/c28-20-12-10-19(11-13-20)18-26(32)31-25-9-5-4-8-24(25)27(33)30-23-16-14-22(15-17-23)29-21-6-2-1-3-7-21/h1-17,29H,18,28H2,(H,30,33)(H,31,32). The van der Waals surface area contributed by atoms with Gasteiger partial charge in [0.1, 0.15) is 0 Å². The Balaban J connectivity index is 1.40. The van der Waals surface area contributed by atoms with Gasteiger partial charge in [-0.2, -0.15) is 0 Å². The quantitative estimate of drug-likeness (QED) is 0.290. The van der Waals surface area contributed by atoms with Gasteiger partial charge in [-0.3, -0.25) is 9.59 Å². The van der Waals surface area contributed by atoms with Crippen molar-refractivity contribution in [3.8, 4) is 0 Å². The van der Waals surface area contributed by atoms with Gasteiger partial charge in [-0.15, -0.1) is 0 Å². The Hall–Kier alpha value is -4.58. The van der Waals surface area contributed by atoms with Crippen LogP contribution in [0.1, 0.15) is 15.9 Å². The number of nitrogens with one attached hydrogen (secondary N) is 3. The number of amides is 2. The normalized spacial score (nSPS) is 10.3. The van der Waals surface area contributed by atoms with Crippen LogP contribution in [0.3, 0.4) is 0 Å². The number of carbonyl (C=O) groups excluding carboxylic acids is 2. The van der Waals surface area contributed by atoms with Gasteiger partial charge in [0.2, 0.25) is 5.91 Å². The second-order valence-electron chi connectivity index (χ2n) is 7.53. The van der Waals surface area contributed by atoms with Crippen molar-refractivity contribution in [1.29, 1.82) is 0 Å². The summed E-state index contributed by atoms with van der Waals surface area (Å²) in [7, 11) is 0. The maximum absolute atomic E-state index is 12.9. The van der Waals surface area contributed by atoms with E-state index in [2.05, 4.69) is 16.0 Å². The van der Waals surface area contributed by atoms with Crippen LogP contribution in [0.25, 0.3) is 0 Å². The molecule has 0 aromatic heterocycles. The highest BCUT2D eigenvalue weighted by Crippen LogP contribution is 2.21. The Morgan fingerprint density at radius 2 is 1.24 bits per heavy atom. The number of benzene rings is 4. The Labute approximate surface area is 192 Å². The summed E-state index contributed by atoms with van der Waals surface area (Å²) in [5.74, 6) is -0.515. The van der Waals surface area contributed by atoms with E-state index in [1.165, 1.54) is 0 Å². The number of anilines is 5. The first kappa shape index (κ1) is 21.6. The molecule has 0 aliphatic rings. The minimum absolute atomic E-state index is 0.187. The summed E-state index contributed by atoms with van der Waals surface area (Å²) in [4.78, 5) is 25.4. The minimum atomic E-state index is -0.304. The maximum atomic E-state index is 12.9.